The normalized spacial score (nSPS) is 16.8. The maximum Gasteiger partial charge on any atom is 0.315 e. The summed E-state index contributed by atoms with van der Waals surface area (Å²) < 4.78 is 5.40. The summed E-state index contributed by atoms with van der Waals surface area (Å²) in [6.45, 7) is 3.03. The zero-order valence-corrected chi connectivity index (χ0v) is 16.8. The predicted molar refractivity (Wildman–Crippen MR) is 114 cm³/mol. The first-order valence-electron chi connectivity index (χ1n) is 10.2. The smallest absolute Gasteiger partial charge is 0.315 e. The van der Waals surface area contributed by atoms with Crippen molar-refractivity contribution >= 4 is 17.6 Å². The summed E-state index contributed by atoms with van der Waals surface area (Å²) >= 11 is 0. The van der Waals surface area contributed by atoms with Crippen LogP contribution in [0.4, 0.5) is 10.5 Å². The molecule has 0 aliphatic carbocycles. The van der Waals surface area contributed by atoms with E-state index in [1.165, 1.54) is 5.56 Å². The second-order valence-electron chi connectivity index (χ2n) is 7.44. The van der Waals surface area contributed by atoms with Crippen LogP contribution in [0.5, 0.6) is 0 Å². The SMILES string of the molecule is CC(CCc1ccccc1)NC(=O)NCc1cccc(NC(=O)C2CCCO2)c1. The van der Waals surface area contributed by atoms with Gasteiger partial charge in [0.15, 0.2) is 0 Å². The fourth-order valence-electron chi connectivity index (χ4n) is 3.32. The Hall–Kier alpha value is -2.86. The highest BCUT2D eigenvalue weighted by atomic mass is 16.5. The Balaban J connectivity index is 1.40. The highest BCUT2D eigenvalue weighted by Crippen LogP contribution is 2.16. The van der Waals surface area contributed by atoms with Gasteiger partial charge in [-0.05, 0) is 55.9 Å². The number of hydrogen-bond acceptors (Lipinski definition) is 3. The summed E-state index contributed by atoms with van der Waals surface area (Å²) in [4.78, 5) is 24.3. The van der Waals surface area contributed by atoms with Crippen LogP contribution in [0.3, 0.4) is 0 Å². The zero-order chi connectivity index (χ0) is 20.5. The lowest BCUT2D eigenvalue weighted by Gasteiger charge is -2.15. The van der Waals surface area contributed by atoms with Crippen LogP contribution in [0.2, 0.25) is 0 Å². The molecule has 1 fully saturated rings. The monoisotopic (exact) mass is 395 g/mol. The Labute approximate surface area is 172 Å². The van der Waals surface area contributed by atoms with E-state index in [1.807, 2.05) is 49.4 Å². The molecule has 0 aromatic heterocycles. The van der Waals surface area contributed by atoms with Crippen LogP contribution in [-0.2, 0) is 22.5 Å². The summed E-state index contributed by atoms with van der Waals surface area (Å²) in [5.41, 5.74) is 2.90. The van der Waals surface area contributed by atoms with Crippen molar-refractivity contribution in [1.82, 2.24) is 10.6 Å². The van der Waals surface area contributed by atoms with Crippen molar-refractivity contribution in [3.8, 4) is 0 Å². The minimum absolute atomic E-state index is 0.0761. The van der Waals surface area contributed by atoms with E-state index in [-0.39, 0.29) is 24.1 Å². The molecule has 3 N–H and O–H groups in total. The molecule has 1 aliphatic heterocycles. The molecule has 3 amide bonds. The van der Waals surface area contributed by atoms with Gasteiger partial charge in [0.25, 0.3) is 5.91 Å². The number of amides is 3. The maximum absolute atomic E-state index is 12.2. The van der Waals surface area contributed by atoms with E-state index in [2.05, 4.69) is 28.1 Å². The zero-order valence-electron chi connectivity index (χ0n) is 16.8. The average Bonchev–Trinajstić information content (AvgIpc) is 3.27. The molecule has 6 heteroatoms. The van der Waals surface area contributed by atoms with Crippen LogP contribution in [-0.4, -0.2) is 30.7 Å². The highest BCUT2D eigenvalue weighted by Gasteiger charge is 2.23. The summed E-state index contributed by atoms with van der Waals surface area (Å²) in [5.74, 6) is -0.113. The van der Waals surface area contributed by atoms with E-state index in [0.29, 0.717) is 18.8 Å². The number of urea groups is 1. The van der Waals surface area contributed by atoms with Gasteiger partial charge in [-0.1, -0.05) is 42.5 Å². The van der Waals surface area contributed by atoms with Gasteiger partial charge < -0.3 is 20.7 Å². The van der Waals surface area contributed by atoms with Gasteiger partial charge in [0.05, 0.1) is 0 Å². The molecule has 29 heavy (non-hydrogen) atoms. The van der Waals surface area contributed by atoms with Crippen molar-refractivity contribution in [2.45, 2.75) is 51.3 Å². The van der Waals surface area contributed by atoms with E-state index in [0.717, 1.165) is 31.2 Å². The third kappa shape index (κ3) is 6.91. The van der Waals surface area contributed by atoms with Gasteiger partial charge in [-0.15, -0.1) is 0 Å². The topological polar surface area (TPSA) is 79.5 Å². The molecular weight excluding hydrogens is 366 g/mol. The van der Waals surface area contributed by atoms with Crippen LogP contribution in [0, 0.1) is 0 Å². The minimum Gasteiger partial charge on any atom is -0.368 e. The van der Waals surface area contributed by atoms with Gasteiger partial charge in [0.2, 0.25) is 0 Å². The van der Waals surface area contributed by atoms with Gasteiger partial charge >= 0.3 is 6.03 Å². The number of carbonyl (C=O) groups is 2. The molecule has 1 aliphatic rings. The Morgan fingerprint density at radius 2 is 1.90 bits per heavy atom. The Kier molecular flexibility index (Phi) is 7.64. The fourth-order valence-corrected chi connectivity index (χ4v) is 3.32. The summed E-state index contributed by atoms with van der Waals surface area (Å²) in [5, 5.41) is 8.73. The number of nitrogens with one attached hydrogen (secondary N) is 3. The van der Waals surface area contributed by atoms with E-state index >= 15 is 0 Å². The van der Waals surface area contributed by atoms with Gasteiger partial charge in [-0.3, -0.25) is 4.79 Å². The quantitative estimate of drug-likeness (QED) is 0.639. The molecular formula is C23H29N3O3. The van der Waals surface area contributed by atoms with Crippen LogP contribution in [0.25, 0.3) is 0 Å². The van der Waals surface area contributed by atoms with Crippen LogP contribution < -0.4 is 16.0 Å². The van der Waals surface area contributed by atoms with Gasteiger partial charge in [0, 0.05) is 24.9 Å². The van der Waals surface area contributed by atoms with E-state index in [1.54, 1.807) is 0 Å². The van der Waals surface area contributed by atoms with Crippen molar-refractivity contribution in [3.63, 3.8) is 0 Å². The molecule has 2 unspecified atom stereocenters. The lowest BCUT2D eigenvalue weighted by atomic mass is 10.1. The highest BCUT2D eigenvalue weighted by molar-refractivity contribution is 5.94. The summed E-state index contributed by atoms with van der Waals surface area (Å²) in [7, 11) is 0. The van der Waals surface area contributed by atoms with E-state index in [9.17, 15) is 9.59 Å². The van der Waals surface area contributed by atoms with Crippen molar-refractivity contribution in [1.29, 1.82) is 0 Å². The van der Waals surface area contributed by atoms with Crippen molar-refractivity contribution in [3.05, 3.63) is 65.7 Å². The standard InChI is InChI=1S/C23H29N3O3/c1-17(12-13-18-7-3-2-4-8-18)25-23(28)24-16-19-9-5-10-20(15-19)26-22(27)21-11-6-14-29-21/h2-5,7-10,15,17,21H,6,11-14,16H2,1H3,(H,26,27)(H2,24,25,28). The number of carbonyl (C=O) groups excluding carboxylic acids is 2. The molecule has 3 rings (SSSR count). The minimum atomic E-state index is -0.361. The second kappa shape index (κ2) is 10.6. The van der Waals surface area contributed by atoms with Gasteiger partial charge in [0.1, 0.15) is 6.10 Å². The second-order valence-corrected chi connectivity index (χ2v) is 7.44. The van der Waals surface area contributed by atoms with E-state index in [4.69, 9.17) is 4.74 Å². The number of ether oxygens (including phenoxy) is 1. The molecule has 0 bridgehead atoms. The third-order valence-corrected chi connectivity index (χ3v) is 4.96. The van der Waals surface area contributed by atoms with E-state index < -0.39 is 0 Å². The fraction of sp³-hybridized carbons (Fsp3) is 0.391. The summed E-state index contributed by atoms with van der Waals surface area (Å²) in [6, 6.07) is 17.6. The molecule has 154 valence electrons. The molecule has 2 aromatic rings. The maximum atomic E-state index is 12.2. The van der Waals surface area contributed by atoms with Gasteiger partial charge in [-0.25, -0.2) is 4.79 Å². The number of aryl methyl sites for hydroxylation is 1. The molecule has 2 aromatic carbocycles. The van der Waals surface area contributed by atoms with Crippen molar-refractivity contribution in [2.24, 2.45) is 0 Å². The molecule has 2 atom stereocenters. The van der Waals surface area contributed by atoms with Crippen LogP contribution in [0.15, 0.2) is 54.6 Å². The van der Waals surface area contributed by atoms with Crippen LogP contribution >= 0.6 is 0 Å². The molecule has 1 saturated heterocycles. The number of hydrogen-bond donors (Lipinski definition) is 3. The molecule has 6 nitrogen and oxygen atoms in total. The Morgan fingerprint density at radius 1 is 1.10 bits per heavy atom. The summed E-state index contributed by atoms with van der Waals surface area (Å²) in [6.07, 6.45) is 3.12. The van der Waals surface area contributed by atoms with Gasteiger partial charge in [-0.2, -0.15) is 0 Å². The Morgan fingerprint density at radius 3 is 2.66 bits per heavy atom. The first kappa shape index (κ1) is 20.9. The average molecular weight is 396 g/mol. The molecule has 1 heterocycles. The van der Waals surface area contributed by atoms with Crippen LogP contribution in [0.1, 0.15) is 37.3 Å². The molecule has 0 spiro atoms. The Bertz CT molecular complexity index is 804. The molecule has 0 radical (unpaired) electrons. The molecule has 0 saturated carbocycles. The third-order valence-electron chi connectivity index (χ3n) is 4.96. The predicted octanol–water partition coefficient (Wildman–Crippen LogP) is 3.62. The van der Waals surface area contributed by atoms with Crippen molar-refractivity contribution in [2.75, 3.05) is 11.9 Å². The largest absolute Gasteiger partial charge is 0.368 e. The lowest BCUT2D eigenvalue weighted by molar-refractivity contribution is -0.124. The first-order chi connectivity index (χ1) is 14.1. The first-order valence-corrected chi connectivity index (χ1v) is 10.2. The number of benzene rings is 2. The number of rotatable bonds is 8. The van der Waals surface area contributed by atoms with Crippen molar-refractivity contribution < 1.29 is 14.3 Å². The lowest BCUT2D eigenvalue weighted by Crippen LogP contribution is -2.40. The number of anilines is 1.